The number of nitrogens with two attached hydrogens (primary N) is 1. The summed E-state index contributed by atoms with van der Waals surface area (Å²) >= 11 is 0. The Morgan fingerprint density at radius 1 is 0.923 bits per heavy atom. The lowest BCUT2D eigenvalue weighted by atomic mass is 10.2. The van der Waals surface area contributed by atoms with Gasteiger partial charge in [-0.05, 0) is 67.6 Å². The molecule has 0 saturated carbocycles. The predicted molar refractivity (Wildman–Crippen MR) is 101 cm³/mol. The van der Waals surface area contributed by atoms with Crippen LogP contribution in [0.4, 0.5) is 11.5 Å². The molecule has 0 aliphatic carbocycles. The van der Waals surface area contributed by atoms with Crippen LogP contribution in [-0.2, 0) is 0 Å². The van der Waals surface area contributed by atoms with Crippen LogP contribution in [0, 0.1) is 6.92 Å². The Labute approximate surface area is 151 Å². The topological polar surface area (TPSA) is 86.5 Å². The number of nitrogens with zero attached hydrogens (tertiary/aromatic N) is 1. The van der Waals surface area contributed by atoms with Crippen molar-refractivity contribution >= 4 is 17.4 Å². The molecule has 3 aromatic rings. The van der Waals surface area contributed by atoms with Crippen LogP contribution in [0.3, 0.4) is 0 Å². The summed E-state index contributed by atoms with van der Waals surface area (Å²) in [6, 6.07) is 17.8. The third kappa shape index (κ3) is 4.10. The van der Waals surface area contributed by atoms with Crippen molar-refractivity contribution in [2.75, 3.05) is 18.2 Å². The number of nitrogen functional groups attached to an aromatic ring is 1. The molecule has 3 rings (SSSR count). The summed E-state index contributed by atoms with van der Waals surface area (Å²) in [6.07, 6.45) is 0. The van der Waals surface area contributed by atoms with Crippen LogP contribution in [0.15, 0.2) is 60.7 Å². The maximum absolute atomic E-state index is 12.3. The largest absolute Gasteiger partial charge is 0.497 e. The SMILES string of the molecule is COc1ccc(Oc2ccc(NC(=O)c3ccc(C)nc3N)cc2)cc1. The molecule has 0 atom stereocenters. The quantitative estimate of drug-likeness (QED) is 0.726. The maximum atomic E-state index is 12.3. The lowest BCUT2D eigenvalue weighted by Gasteiger charge is -2.09. The average Bonchev–Trinajstić information content (AvgIpc) is 2.64. The first-order valence-corrected chi connectivity index (χ1v) is 8.01. The van der Waals surface area contributed by atoms with Gasteiger partial charge in [0.2, 0.25) is 0 Å². The predicted octanol–water partition coefficient (Wildman–Crippen LogP) is 4.03. The monoisotopic (exact) mass is 349 g/mol. The van der Waals surface area contributed by atoms with E-state index in [2.05, 4.69) is 10.3 Å². The van der Waals surface area contributed by atoms with Crippen molar-refractivity contribution in [3.05, 3.63) is 71.9 Å². The van der Waals surface area contributed by atoms with Crippen LogP contribution in [0.5, 0.6) is 17.2 Å². The lowest BCUT2D eigenvalue weighted by Crippen LogP contribution is -2.15. The van der Waals surface area contributed by atoms with Gasteiger partial charge in [-0.25, -0.2) is 4.98 Å². The minimum atomic E-state index is -0.307. The van der Waals surface area contributed by atoms with E-state index in [0.717, 1.165) is 11.4 Å². The minimum Gasteiger partial charge on any atom is -0.497 e. The van der Waals surface area contributed by atoms with Crippen LogP contribution in [0.25, 0.3) is 0 Å². The summed E-state index contributed by atoms with van der Waals surface area (Å²) in [5.41, 5.74) is 7.55. The van der Waals surface area contributed by atoms with Gasteiger partial charge < -0.3 is 20.5 Å². The Morgan fingerprint density at radius 3 is 2.08 bits per heavy atom. The fourth-order valence-corrected chi connectivity index (χ4v) is 2.35. The maximum Gasteiger partial charge on any atom is 0.259 e. The highest BCUT2D eigenvalue weighted by Crippen LogP contribution is 2.25. The zero-order valence-corrected chi connectivity index (χ0v) is 14.5. The molecule has 0 unspecified atom stereocenters. The number of anilines is 2. The Bertz CT molecular complexity index is 907. The number of nitrogens with one attached hydrogen (secondary N) is 1. The van der Waals surface area contributed by atoms with Crippen LogP contribution in [0.1, 0.15) is 16.1 Å². The standard InChI is InChI=1S/C20H19N3O3/c1-13-3-12-18(19(21)22-13)20(24)23-14-4-6-16(7-5-14)26-17-10-8-15(25-2)9-11-17/h3-12H,1-2H3,(H2,21,22)(H,23,24). The molecule has 0 bridgehead atoms. The molecule has 2 aromatic carbocycles. The number of methoxy groups -OCH3 is 1. The van der Waals surface area contributed by atoms with E-state index in [1.165, 1.54) is 0 Å². The molecule has 1 heterocycles. The van der Waals surface area contributed by atoms with E-state index in [-0.39, 0.29) is 11.7 Å². The molecule has 0 fully saturated rings. The Kier molecular flexibility index (Phi) is 5.03. The zero-order valence-electron chi connectivity index (χ0n) is 14.5. The van der Waals surface area contributed by atoms with E-state index in [0.29, 0.717) is 22.7 Å². The third-order valence-electron chi connectivity index (χ3n) is 3.72. The molecule has 0 aliphatic rings. The highest BCUT2D eigenvalue weighted by atomic mass is 16.5. The van der Waals surface area contributed by atoms with Gasteiger partial charge in [-0.2, -0.15) is 0 Å². The van der Waals surface area contributed by atoms with E-state index in [1.807, 2.05) is 31.2 Å². The number of ether oxygens (including phenoxy) is 2. The minimum absolute atomic E-state index is 0.210. The molecular weight excluding hydrogens is 330 g/mol. The molecule has 0 saturated heterocycles. The number of amides is 1. The number of hydrogen-bond donors (Lipinski definition) is 2. The average molecular weight is 349 g/mol. The van der Waals surface area contributed by atoms with Crippen LogP contribution >= 0.6 is 0 Å². The third-order valence-corrected chi connectivity index (χ3v) is 3.72. The number of pyridine rings is 1. The highest BCUT2D eigenvalue weighted by Gasteiger charge is 2.11. The van der Waals surface area contributed by atoms with Gasteiger partial charge in [0.05, 0.1) is 12.7 Å². The molecule has 6 heteroatoms. The van der Waals surface area contributed by atoms with Gasteiger partial charge in [0.1, 0.15) is 23.1 Å². The summed E-state index contributed by atoms with van der Waals surface area (Å²) in [4.78, 5) is 16.4. The number of aromatic nitrogens is 1. The van der Waals surface area contributed by atoms with Crippen molar-refractivity contribution in [3.63, 3.8) is 0 Å². The first-order valence-electron chi connectivity index (χ1n) is 8.01. The molecule has 6 nitrogen and oxygen atoms in total. The van der Waals surface area contributed by atoms with E-state index in [4.69, 9.17) is 15.2 Å². The Balaban J connectivity index is 1.66. The second-order valence-corrected chi connectivity index (χ2v) is 5.64. The second-order valence-electron chi connectivity index (χ2n) is 5.64. The van der Waals surface area contributed by atoms with Crippen molar-refractivity contribution in [2.45, 2.75) is 6.92 Å². The first kappa shape index (κ1) is 17.3. The summed E-state index contributed by atoms with van der Waals surface area (Å²) in [7, 11) is 1.61. The van der Waals surface area contributed by atoms with Gasteiger partial charge in [-0.15, -0.1) is 0 Å². The number of carbonyl (C=O) groups excluding carboxylic acids is 1. The second kappa shape index (κ2) is 7.57. The molecule has 0 spiro atoms. The first-order chi connectivity index (χ1) is 12.5. The number of carbonyl (C=O) groups is 1. The normalized spacial score (nSPS) is 10.2. The molecule has 0 radical (unpaired) electrons. The molecule has 0 aliphatic heterocycles. The summed E-state index contributed by atoms with van der Waals surface area (Å²) < 4.78 is 10.9. The fraction of sp³-hybridized carbons (Fsp3) is 0.100. The van der Waals surface area contributed by atoms with Gasteiger partial charge in [0.15, 0.2) is 0 Å². The molecular formula is C20H19N3O3. The molecule has 1 amide bonds. The molecule has 132 valence electrons. The number of aryl methyl sites for hydroxylation is 1. The van der Waals surface area contributed by atoms with E-state index < -0.39 is 0 Å². The summed E-state index contributed by atoms with van der Waals surface area (Å²) in [6.45, 7) is 1.82. The summed E-state index contributed by atoms with van der Waals surface area (Å²) in [5.74, 6) is 2.02. The van der Waals surface area contributed by atoms with Gasteiger partial charge in [-0.3, -0.25) is 4.79 Å². The smallest absolute Gasteiger partial charge is 0.259 e. The van der Waals surface area contributed by atoms with Crippen LogP contribution in [-0.4, -0.2) is 18.0 Å². The molecule has 1 aromatic heterocycles. The number of benzene rings is 2. The van der Waals surface area contributed by atoms with Crippen molar-refractivity contribution in [1.29, 1.82) is 0 Å². The van der Waals surface area contributed by atoms with Crippen molar-refractivity contribution in [2.24, 2.45) is 0 Å². The van der Waals surface area contributed by atoms with Crippen molar-refractivity contribution in [1.82, 2.24) is 4.98 Å². The lowest BCUT2D eigenvalue weighted by molar-refractivity contribution is 0.102. The highest BCUT2D eigenvalue weighted by molar-refractivity contribution is 6.07. The zero-order chi connectivity index (χ0) is 18.5. The Morgan fingerprint density at radius 2 is 1.50 bits per heavy atom. The molecule has 26 heavy (non-hydrogen) atoms. The van der Waals surface area contributed by atoms with Crippen LogP contribution in [0.2, 0.25) is 0 Å². The van der Waals surface area contributed by atoms with E-state index >= 15 is 0 Å². The van der Waals surface area contributed by atoms with Crippen molar-refractivity contribution in [3.8, 4) is 17.2 Å². The van der Waals surface area contributed by atoms with Gasteiger partial charge >= 0.3 is 0 Å². The number of rotatable bonds is 5. The summed E-state index contributed by atoms with van der Waals surface area (Å²) in [5, 5.41) is 2.79. The molecule has 3 N–H and O–H groups in total. The van der Waals surface area contributed by atoms with E-state index in [9.17, 15) is 4.79 Å². The number of hydrogen-bond acceptors (Lipinski definition) is 5. The van der Waals surface area contributed by atoms with Gasteiger partial charge in [0.25, 0.3) is 5.91 Å². The van der Waals surface area contributed by atoms with Crippen molar-refractivity contribution < 1.29 is 14.3 Å². The van der Waals surface area contributed by atoms with Gasteiger partial charge in [0, 0.05) is 11.4 Å². The van der Waals surface area contributed by atoms with Gasteiger partial charge in [-0.1, -0.05) is 0 Å². The fourth-order valence-electron chi connectivity index (χ4n) is 2.35. The van der Waals surface area contributed by atoms with Crippen LogP contribution < -0.4 is 20.5 Å². The van der Waals surface area contributed by atoms with E-state index in [1.54, 1.807) is 43.5 Å². The Hall–Kier alpha value is -3.54.